The molecule has 1 N–H and O–H groups in total. The highest BCUT2D eigenvalue weighted by Gasteiger charge is 2.28. The van der Waals surface area contributed by atoms with E-state index in [1.165, 1.54) is 5.56 Å². The van der Waals surface area contributed by atoms with Crippen LogP contribution in [0.3, 0.4) is 0 Å². The van der Waals surface area contributed by atoms with Crippen molar-refractivity contribution in [2.24, 2.45) is 0 Å². The summed E-state index contributed by atoms with van der Waals surface area (Å²) in [7, 11) is 2.00. The van der Waals surface area contributed by atoms with Crippen LogP contribution in [0.1, 0.15) is 27.7 Å². The Kier molecular flexibility index (Phi) is 2.75. The van der Waals surface area contributed by atoms with E-state index in [0.29, 0.717) is 0 Å². The van der Waals surface area contributed by atoms with Crippen LogP contribution >= 0.6 is 0 Å². The Morgan fingerprint density at radius 2 is 1.74 bits per heavy atom. The molecule has 0 fully saturated rings. The number of fused-ring (bicyclic) bond motifs is 1. The number of carbonyl (C=O) groups excluding carboxylic acids is 1. The van der Waals surface area contributed by atoms with Crippen LogP contribution in [0, 0.1) is 6.92 Å². The topological polar surface area (TPSA) is 32.3 Å². The predicted octanol–water partition coefficient (Wildman–Crippen LogP) is 2.87. The summed E-state index contributed by atoms with van der Waals surface area (Å²) in [4.78, 5) is 14.2. The first kappa shape index (κ1) is 11.8. The molecule has 0 aliphatic carbocycles. The zero-order chi connectivity index (χ0) is 13.4. The molecule has 0 spiro atoms. The van der Waals surface area contributed by atoms with Gasteiger partial charge < -0.3 is 10.2 Å². The molecule has 0 saturated heterocycles. The van der Waals surface area contributed by atoms with E-state index in [0.717, 1.165) is 16.8 Å². The maximum absolute atomic E-state index is 12.1. The summed E-state index contributed by atoms with van der Waals surface area (Å²) in [6, 6.07) is 15.9. The van der Waals surface area contributed by atoms with E-state index in [-0.39, 0.29) is 12.1 Å². The first-order valence-corrected chi connectivity index (χ1v) is 6.36. The number of para-hydroxylation sites is 1. The summed E-state index contributed by atoms with van der Waals surface area (Å²) in [5.74, 6) is -0.0146. The van der Waals surface area contributed by atoms with Crippen LogP contribution in [0.15, 0.2) is 48.5 Å². The molecule has 3 heteroatoms. The fraction of sp³-hybridized carbons (Fsp3) is 0.188. The van der Waals surface area contributed by atoms with Crippen molar-refractivity contribution in [2.45, 2.75) is 13.1 Å². The van der Waals surface area contributed by atoms with E-state index in [1.54, 1.807) is 0 Å². The monoisotopic (exact) mass is 252 g/mol. The molecular formula is C16H16N2O. The maximum Gasteiger partial charge on any atom is 0.255 e. The lowest BCUT2D eigenvalue weighted by atomic mass is 10.0. The Morgan fingerprint density at radius 1 is 1.05 bits per heavy atom. The van der Waals surface area contributed by atoms with Crippen molar-refractivity contribution < 1.29 is 4.79 Å². The molecule has 0 saturated carbocycles. The zero-order valence-electron chi connectivity index (χ0n) is 11.1. The van der Waals surface area contributed by atoms with Gasteiger partial charge in [-0.3, -0.25) is 4.79 Å². The normalized spacial score (nSPS) is 17.9. The Hall–Kier alpha value is -2.29. The van der Waals surface area contributed by atoms with Crippen molar-refractivity contribution in [3.8, 4) is 0 Å². The van der Waals surface area contributed by atoms with E-state index in [9.17, 15) is 4.79 Å². The first-order valence-electron chi connectivity index (χ1n) is 6.36. The van der Waals surface area contributed by atoms with Gasteiger partial charge in [0.1, 0.15) is 6.17 Å². The number of anilines is 1. The van der Waals surface area contributed by atoms with Gasteiger partial charge >= 0.3 is 0 Å². The van der Waals surface area contributed by atoms with Gasteiger partial charge in [0.15, 0.2) is 0 Å². The summed E-state index contributed by atoms with van der Waals surface area (Å²) in [6.45, 7) is 2.06. The fourth-order valence-corrected chi connectivity index (χ4v) is 2.47. The molecule has 1 aliphatic heterocycles. The SMILES string of the molecule is Cc1ccc([C@@H]2NC(=O)c3ccccc3N2C)cc1. The van der Waals surface area contributed by atoms with Crippen molar-refractivity contribution in [1.29, 1.82) is 0 Å². The molecule has 0 aromatic heterocycles. The quantitative estimate of drug-likeness (QED) is 0.846. The molecule has 19 heavy (non-hydrogen) atoms. The van der Waals surface area contributed by atoms with Crippen molar-refractivity contribution >= 4 is 11.6 Å². The Labute approximate surface area is 112 Å². The van der Waals surface area contributed by atoms with E-state index >= 15 is 0 Å². The summed E-state index contributed by atoms with van der Waals surface area (Å²) in [5, 5.41) is 3.05. The summed E-state index contributed by atoms with van der Waals surface area (Å²) < 4.78 is 0. The van der Waals surface area contributed by atoms with Crippen LogP contribution in [0.5, 0.6) is 0 Å². The molecule has 0 radical (unpaired) electrons. The third-order valence-corrected chi connectivity index (χ3v) is 3.58. The molecule has 3 rings (SSSR count). The van der Waals surface area contributed by atoms with Crippen LogP contribution in [-0.2, 0) is 0 Å². The molecule has 3 nitrogen and oxygen atoms in total. The minimum absolute atomic E-state index is 0.0146. The minimum Gasteiger partial charge on any atom is -0.350 e. The van der Waals surface area contributed by atoms with Gasteiger partial charge in [-0.2, -0.15) is 0 Å². The lowest BCUT2D eigenvalue weighted by molar-refractivity contribution is 0.0928. The lowest BCUT2D eigenvalue weighted by Crippen LogP contribution is -2.44. The van der Waals surface area contributed by atoms with Gasteiger partial charge in [0.2, 0.25) is 0 Å². The molecule has 96 valence electrons. The van der Waals surface area contributed by atoms with Crippen molar-refractivity contribution in [3.05, 3.63) is 65.2 Å². The molecule has 1 atom stereocenters. The zero-order valence-corrected chi connectivity index (χ0v) is 11.1. The molecular weight excluding hydrogens is 236 g/mol. The molecule has 2 aromatic carbocycles. The largest absolute Gasteiger partial charge is 0.350 e. The Morgan fingerprint density at radius 3 is 2.47 bits per heavy atom. The van der Waals surface area contributed by atoms with Gasteiger partial charge in [0.25, 0.3) is 5.91 Å². The van der Waals surface area contributed by atoms with E-state index in [2.05, 4.69) is 41.4 Å². The van der Waals surface area contributed by atoms with Gasteiger partial charge in [0.05, 0.1) is 11.3 Å². The van der Waals surface area contributed by atoms with E-state index in [1.807, 2.05) is 31.3 Å². The van der Waals surface area contributed by atoms with Crippen LogP contribution in [0.4, 0.5) is 5.69 Å². The molecule has 0 bridgehead atoms. The number of carbonyl (C=O) groups is 1. The maximum atomic E-state index is 12.1. The van der Waals surface area contributed by atoms with Crippen molar-refractivity contribution in [3.63, 3.8) is 0 Å². The highest BCUT2D eigenvalue weighted by atomic mass is 16.2. The van der Waals surface area contributed by atoms with Crippen LogP contribution < -0.4 is 10.2 Å². The summed E-state index contributed by atoms with van der Waals surface area (Å²) in [6.07, 6.45) is -0.108. The van der Waals surface area contributed by atoms with Gasteiger partial charge in [-0.25, -0.2) is 0 Å². The number of nitrogens with zero attached hydrogens (tertiary/aromatic N) is 1. The van der Waals surface area contributed by atoms with Crippen LogP contribution in [0.2, 0.25) is 0 Å². The second-order valence-corrected chi connectivity index (χ2v) is 4.91. The third kappa shape index (κ3) is 1.97. The minimum atomic E-state index is -0.108. The standard InChI is InChI=1S/C16H16N2O/c1-11-7-9-12(10-8-11)15-17-16(19)13-5-3-4-6-14(13)18(15)2/h3-10,15H,1-2H3,(H,17,19)/t15-/m1/s1. The average molecular weight is 252 g/mol. The van der Waals surface area contributed by atoms with Gasteiger partial charge in [-0.1, -0.05) is 42.0 Å². The molecule has 1 heterocycles. The molecule has 1 aliphatic rings. The fourth-order valence-electron chi connectivity index (χ4n) is 2.47. The average Bonchev–Trinajstić information content (AvgIpc) is 2.44. The number of hydrogen-bond acceptors (Lipinski definition) is 2. The van der Waals surface area contributed by atoms with Gasteiger partial charge in [0, 0.05) is 7.05 Å². The smallest absolute Gasteiger partial charge is 0.255 e. The van der Waals surface area contributed by atoms with E-state index in [4.69, 9.17) is 0 Å². The van der Waals surface area contributed by atoms with Gasteiger partial charge in [-0.15, -0.1) is 0 Å². The highest BCUT2D eigenvalue weighted by molar-refractivity contribution is 6.01. The number of benzene rings is 2. The van der Waals surface area contributed by atoms with Crippen LogP contribution in [-0.4, -0.2) is 13.0 Å². The number of nitrogens with one attached hydrogen (secondary N) is 1. The predicted molar refractivity (Wildman–Crippen MR) is 76.2 cm³/mol. The summed E-state index contributed by atoms with van der Waals surface area (Å²) >= 11 is 0. The first-order chi connectivity index (χ1) is 9.16. The number of hydrogen-bond donors (Lipinski definition) is 1. The Balaban J connectivity index is 2.02. The van der Waals surface area contributed by atoms with Crippen molar-refractivity contribution in [2.75, 3.05) is 11.9 Å². The number of rotatable bonds is 1. The highest BCUT2D eigenvalue weighted by Crippen LogP contribution is 2.31. The summed E-state index contributed by atoms with van der Waals surface area (Å²) in [5.41, 5.74) is 4.01. The van der Waals surface area contributed by atoms with Crippen LogP contribution in [0.25, 0.3) is 0 Å². The van der Waals surface area contributed by atoms with Crippen molar-refractivity contribution in [1.82, 2.24) is 5.32 Å². The van der Waals surface area contributed by atoms with Gasteiger partial charge in [-0.05, 0) is 24.6 Å². The lowest BCUT2D eigenvalue weighted by Gasteiger charge is -2.36. The molecule has 2 aromatic rings. The second kappa shape index (κ2) is 4.43. The van der Waals surface area contributed by atoms with E-state index < -0.39 is 0 Å². The third-order valence-electron chi connectivity index (χ3n) is 3.58. The molecule has 1 amide bonds. The number of aryl methyl sites for hydroxylation is 1. The second-order valence-electron chi connectivity index (χ2n) is 4.91. The Bertz CT molecular complexity index is 619. The molecule has 0 unspecified atom stereocenters. The number of amides is 1.